The van der Waals surface area contributed by atoms with Gasteiger partial charge in [0.15, 0.2) is 5.69 Å². The topological polar surface area (TPSA) is 54.5 Å². The van der Waals surface area contributed by atoms with Gasteiger partial charge in [0.25, 0.3) is 0 Å². The normalized spacial score (nSPS) is 15.8. The summed E-state index contributed by atoms with van der Waals surface area (Å²) in [5, 5.41) is 17.4. The second-order valence-electron chi connectivity index (χ2n) is 5.79. The van der Waals surface area contributed by atoms with E-state index in [0.29, 0.717) is 5.69 Å². The standard InChI is InChI=1S/C17H20N4/c18-13-16-17(12-11-14-7-3-1-4-8-14)21(20-19-16)15-9-5-2-6-10-15/h2,5-6,9-10,14H,1,3-4,7-8,11-12H2. The average Bonchev–Trinajstić information content (AvgIpc) is 2.97. The van der Waals surface area contributed by atoms with Crippen molar-refractivity contribution in [2.75, 3.05) is 0 Å². The largest absolute Gasteiger partial charge is 0.216 e. The lowest BCUT2D eigenvalue weighted by Gasteiger charge is -2.21. The first-order valence-electron chi connectivity index (χ1n) is 7.78. The van der Waals surface area contributed by atoms with Crippen LogP contribution in [0.5, 0.6) is 0 Å². The van der Waals surface area contributed by atoms with Crippen LogP contribution in [-0.4, -0.2) is 15.0 Å². The minimum atomic E-state index is 0.467. The highest BCUT2D eigenvalue weighted by molar-refractivity contribution is 5.36. The Morgan fingerprint density at radius 3 is 2.62 bits per heavy atom. The molecule has 1 aromatic heterocycles. The van der Waals surface area contributed by atoms with Gasteiger partial charge in [-0.05, 0) is 30.9 Å². The second kappa shape index (κ2) is 6.53. The van der Waals surface area contributed by atoms with E-state index in [2.05, 4.69) is 16.4 Å². The predicted octanol–water partition coefficient (Wildman–Crippen LogP) is 3.65. The van der Waals surface area contributed by atoms with Gasteiger partial charge in [-0.3, -0.25) is 0 Å². The third-order valence-corrected chi connectivity index (χ3v) is 4.38. The molecule has 1 aromatic carbocycles. The molecular formula is C17H20N4. The average molecular weight is 280 g/mol. The molecule has 0 N–H and O–H groups in total. The maximum atomic E-state index is 9.25. The van der Waals surface area contributed by atoms with Gasteiger partial charge in [0.05, 0.1) is 11.4 Å². The molecule has 1 fully saturated rings. The van der Waals surface area contributed by atoms with Crippen molar-refractivity contribution in [3.63, 3.8) is 0 Å². The Labute approximate surface area is 125 Å². The Morgan fingerprint density at radius 2 is 1.90 bits per heavy atom. The number of benzene rings is 1. The molecule has 0 bridgehead atoms. The molecule has 2 aromatic rings. The van der Waals surface area contributed by atoms with Crippen LogP contribution < -0.4 is 0 Å². The molecule has 4 nitrogen and oxygen atoms in total. The lowest BCUT2D eigenvalue weighted by atomic mass is 9.85. The summed E-state index contributed by atoms with van der Waals surface area (Å²) >= 11 is 0. The van der Waals surface area contributed by atoms with Crippen molar-refractivity contribution in [3.05, 3.63) is 41.7 Å². The van der Waals surface area contributed by atoms with E-state index in [1.54, 1.807) is 0 Å². The monoisotopic (exact) mass is 280 g/mol. The zero-order valence-corrected chi connectivity index (χ0v) is 12.2. The van der Waals surface area contributed by atoms with Crippen LogP contribution in [0.4, 0.5) is 0 Å². The van der Waals surface area contributed by atoms with Crippen molar-refractivity contribution in [2.24, 2.45) is 5.92 Å². The molecule has 1 aliphatic carbocycles. The summed E-state index contributed by atoms with van der Waals surface area (Å²) in [5.74, 6) is 0.796. The summed E-state index contributed by atoms with van der Waals surface area (Å²) in [5.41, 5.74) is 2.40. The fourth-order valence-electron chi connectivity index (χ4n) is 3.21. The van der Waals surface area contributed by atoms with Crippen molar-refractivity contribution in [1.82, 2.24) is 15.0 Å². The summed E-state index contributed by atoms with van der Waals surface area (Å²) in [6.45, 7) is 0. The second-order valence-corrected chi connectivity index (χ2v) is 5.79. The van der Waals surface area contributed by atoms with E-state index in [1.807, 2.05) is 35.0 Å². The molecule has 0 spiro atoms. The summed E-state index contributed by atoms with van der Waals surface area (Å²) < 4.78 is 1.82. The molecule has 21 heavy (non-hydrogen) atoms. The van der Waals surface area contributed by atoms with Crippen molar-refractivity contribution in [3.8, 4) is 11.8 Å². The van der Waals surface area contributed by atoms with Crippen molar-refractivity contribution < 1.29 is 0 Å². The Kier molecular flexibility index (Phi) is 4.30. The van der Waals surface area contributed by atoms with Gasteiger partial charge in [-0.15, -0.1) is 5.10 Å². The molecule has 0 aliphatic heterocycles. The maximum absolute atomic E-state index is 9.25. The zero-order chi connectivity index (χ0) is 14.5. The molecule has 1 saturated carbocycles. The number of hydrogen-bond acceptors (Lipinski definition) is 3. The molecule has 3 rings (SSSR count). The minimum Gasteiger partial charge on any atom is -0.216 e. The Morgan fingerprint density at radius 1 is 1.14 bits per heavy atom. The van der Waals surface area contributed by atoms with Crippen LogP contribution in [0.2, 0.25) is 0 Å². The predicted molar refractivity (Wildman–Crippen MR) is 81.0 cm³/mol. The number of hydrogen-bond donors (Lipinski definition) is 0. The molecule has 0 saturated heterocycles. The highest BCUT2D eigenvalue weighted by Gasteiger charge is 2.18. The van der Waals surface area contributed by atoms with Crippen LogP contribution in [0.1, 0.15) is 49.9 Å². The molecule has 1 aliphatic rings. The van der Waals surface area contributed by atoms with Crippen LogP contribution in [0, 0.1) is 17.2 Å². The van der Waals surface area contributed by atoms with Crippen molar-refractivity contribution in [1.29, 1.82) is 5.26 Å². The molecule has 0 atom stereocenters. The maximum Gasteiger partial charge on any atom is 0.186 e. The smallest absolute Gasteiger partial charge is 0.186 e. The van der Waals surface area contributed by atoms with Crippen LogP contribution in [0.25, 0.3) is 5.69 Å². The lowest BCUT2D eigenvalue weighted by molar-refractivity contribution is 0.337. The molecule has 0 amide bonds. The van der Waals surface area contributed by atoms with Crippen molar-refractivity contribution >= 4 is 0 Å². The third-order valence-electron chi connectivity index (χ3n) is 4.38. The van der Waals surface area contributed by atoms with Gasteiger partial charge in [-0.1, -0.05) is 55.5 Å². The SMILES string of the molecule is N#Cc1nnn(-c2ccccc2)c1CCC1CCCCC1. The van der Waals surface area contributed by atoms with E-state index in [1.165, 1.54) is 32.1 Å². The lowest BCUT2D eigenvalue weighted by Crippen LogP contribution is -2.10. The fraction of sp³-hybridized carbons (Fsp3) is 0.471. The minimum absolute atomic E-state index is 0.467. The van der Waals surface area contributed by atoms with Crippen molar-refractivity contribution in [2.45, 2.75) is 44.9 Å². The van der Waals surface area contributed by atoms with Gasteiger partial charge in [0, 0.05) is 0 Å². The van der Waals surface area contributed by atoms with Crippen LogP contribution in [0.3, 0.4) is 0 Å². The number of nitriles is 1. The highest BCUT2D eigenvalue weighted by atomic mass is 15.4. The zero-order valence-electron chi connectivity index (χ0n) is 12.2. The van der Waals surface area contributed by atoms with E-state index in [4.69, 9.17) is 0 Å². The number of para-hydroxylation sites is 1. The molecule has 1 heterocycles. The third kappa shape index (κ3) is 3.13. The first-order chi connectivity index (χ1) is 10.4. The Balaban J connectivity index is 1.80. The number of rotatable bonds is 4. The first kappa shape index (κ1) is 13.8. The molecular weight excluding hydrogens is 260 g/mol. The van der Waals surface area contributed by atoms with E-state index in [9.17, 15) is 5.26 Å². The van der Waals surface area contributed by atoms with Gasteiger partial charge in [0.1, 0.15) is 6.07 Å². The van der Waals surface area contributed by atoms with E-state index in [0.717, 1.165) is 30.1 Å². The molecule has 0 radical (unpaired) electrons. The van der Waals surface area contributed by atoms with Crippen LogP contribution in [0.15, 0.2) is 30.3 Å². The summed E-state index contributed by atoms with van der Waals surface area (Å²) in [6.07, 6.45) is 8.76. The van der Waals surface area contributed by atoms with E-state index < -0.39 is 0 Å². The van der Waals surface area contributed by atoms with Crippen LogP contribution >= 0.6 is 0 Å². The first-order valence-corrected chi connectivity index (χ1v) is 7.78. The molecule has 0 unspecified atom stereocenters. The van der Waals surface area contributed by atoms with Gasteiger partial charge in [0.2, 0.25) is 0 Å². The van der Waals surface area contributed by atoms with E-state index >= 15 is 0 Å². The highest BCUT2D eigenvalue weighted by Crippen LogP contribution is 2.28. The quantitative estimate of drug-likeness (QED) is 0.859. The van der Waals surface area contributed by atoms with Gasteiger partial charge in [-0.25, -0.2) is 4.68 Å². The van der Waals surface area contributed by atoms with Gasteiger partial charge < -0.3 is 0 Å². The Hall–Kier alpha value is -2.15. The fourth-order valence-corrected chi connectivity index (χ4v) is 3.21. The van der Waals surface area contributed by atoms with E-state index in [-0.39, 0.29) is 0 Å². The molecule has 4 heteroatoms. The summed E-state index contributed by atoms with van der Waals surface area (Å²) in [7, 11) is 0. The molecule has 108 valence electrons. The number of nitrogens with zero attached hydrogens (tertiary/aromatic N) is 4. The number of aromatic nitrogens is 3. The summed E-state index contributed by atoms with van der Waals surface area (Å²) in [6, 6.07) is 12.1. The van der Waals surface area contributed by atoms with Gasteiger partial charge >= 0.3 is 0 Å². The Bertz CT molecular complexity index is 618. The van der Waals surface area contributed by atoms with Gasteiger partial charge in [-0.2, -0.15) is 5.26 Å². The summed E-state index contributed by atoms with van der Waals surface area (Å²) in [4.78, 5) is 0. The van der Waals surface area contributed by atoms with Crippen LogP contribution in [-0.2, 0) is 6.42 Å².